The van der Waals surface area contributed by atoms with Crippen molar-refractivity contribution in [3.63, 3.8) is 0 Å². The monoisotopic (exact) mass is 284 g/mol. The molecule has 0 fully saturated rings. The second-order valence-electron chi connectivity index (χ2n) is 4.61. The van der Waals surface area contributed by atoms with E-state index in [1.165, 1.54) is 5.56 Å². The molecular formula is C17H20N2O2. The lowest BCUT2D eigenvalue weighted by atomic mass is 10.1. The quantitative estimate of drug-likeness (QED) is 0.855. The molecule has 0 aromatic heterocycles. The van der Waals surface area contributed by atoms with Gasteiger partial charge in [-0.25, -0.2) is 0 Å². The van der Waals surface area contributed by atoms with Crippen molar-refractivity contribution < 1.29 is 9.53 Å². The summed E-state index contributed by atoms with van der Waals surface area (Å²) < 4.78 is 5.21. The van der Waals surface area contributed by atoms with Crippen LogP contribution in [0.2, 0.25) is 0 Å². The van der Waals surface area contributed by atoms with Crippen molar-refractivity contribution in [1.29, 1.82) is 0 Å². The summed E-state index contributed by atoms with van der Waals surface area (Å²) in [7, 11) is 1.58. The number of ether oxygens (including phenoxy) is 1. The molecule has 2 aromatic carbocycles. The largest absolute Gasteiger partial charge is 0.495 e. The van der Waals surface area contributed by atoms with Gasteiger partial charge in [-0.1, -0.05) is 37.3 Å². The molecule has 0 bridgehead atoms. The summed E-state index contributed by atoms with van der Waals surface area (Å²) in [6, 6.07) is 15.3. The first-order chi connectivity index (χ1) is 10.2. The molecule has 2 N–H and O–H groups in total. The Morgan fingerprint density at radius 1 is 1.05 bits per heavy atom. The van der Waals surface area contributed by atoms with Crippen LogP contribution in [-0.4, -0.2) is 19.6 Å². The van der Waals surface area contributed by atoms with Crippen molar-refractivity contribution in [2.75, 3.05) is 24.3 Å². The highest BCUT2D eigenvalue weighted by Gasteiger charge is 2.07. The summed E-state index contributed by atoms with van der Waals surface area (Å²) in [5.74, 6) is 0.546. The third kappa shape index (κ3) is 3.99. The lowest BCUT2D eigenvalue weighted by Crippen LogP contribution is -2.22. The van der Waals surface area contributed by atoms with Gasteiger partial charge in [-0.2, -0.15) is 0 Å². The number of carbonyl (C=O) groups excluding carboxylic acids is 1. The smallest absolute Gasteiger partial charge is 0.243 e. The van der Waals surface area contributed by atoms with Gasteiger partial charge in [0.1, 0.15) is 5.75 Å². The van der Waals surface area contributed by atoms with Gasteiger partial charge in [0, 0.05) is 5.69 Å². The Balaban J connectivity index is 1.96. The van der Waals surface area contributed by atoms with E-state index in [2.05, 4.69) is 23.6 Å². The fraction of sp³-hybridized carbons (Fsp3) is 0.235. The number of aryl methyl sites for hydroxylation is 1. The Kier molecular flexibility index (Phi) is 5.21. The van der Waals surface area contributed by atoms with Crippen LogP contribution in [0.1, 0.15) is 12.5 Å². The van der Waals surface area contributed by atoms with E-state index in [1.54, 1.807) is 7.11 Å². The minimum absolute atomic E-state index is 0.106. The molecule has 4 heteroatoms. The minimum atomic E-state index is -0.106. The molecule has 110 valence electrons. The number of amides is 1. The minimum Gasteiger partial charge on any atom is -0.495 e. The van der Waals surface area contributed by atoms with Gasteiger partial charge >= 0.3 is 0 Å². The zero-order valence-corrected chi connectivity index (χ0v) is 12.3. The van der Waals surface area contributed by atoms with Gasteiger partial charge in [-0.15, -0.1) is 0 Å². The van der Waals surface area contributed by atoms with Crippen LogP contribution in [0.3, 0.4) is 0 Å². The molecule has 0 saturated carbocycles. The van der Waals surface area contributed by atoms with Crippen LogP contribution in [0.15, 0.2) is 48.5 Å². The van der Waals surface area contributed by atoms with Crippen molar-refractivity contribution >= 4 is 17.3 Å². The average molecular weight is 284 g/mol. The Labute approximate surface area is 125 Å². The maximum atomic E-state index is 12.0. The number of carbonyl (C=O) groups is 1. The molecule has 0 aliphatic rings. The van der Waals surface area contributed by atoms with Gasteiger partial charge in [0.2, 0.25) is 5.91 Å². The molecule has 0 saturated heterocycles. The zero-order chi connectivity index (χ0) is 15.1. The van der Waals surface area contributed by atoms with Gasteiger partial charge in [-0.3, -0.25) is 4.79 Å². The Morgan fingerprint density at radius 2 is 1.71 bits per heavy atom. The van der Waals surface area contributed by atoms with E-state index in [0.717, 1.165) is 12.1 Å². The van der Waals surface area contributed by atoms with E-state index < -0.39 is 0 Å². The van der Waals surface area contributed by atoms with E-state index in [0.29, 0.717) is 11.4 Å². The molecular weight excluding hydrogens is 264 g/mol. The van der Waals surface area contributed by atoms with Gasteiger partial charge in [0.25, 0.3) is 0 Å². The third-order valence-corrected chi connectivity index (χ3v) is 3.22. The Hall–Kier alpha value is -2.49. The van der Waals surface area contributed by atoms with E-state index in [-0.39, 0.29) is 12.5 Å². The topological polar surface area (TPSA) is 50.4 Å². The molecule has 2 rings (SSSR count). The van der Waals surface area contributed by atoms with Crippen LogP contribution >= 0.6 is 0 Å². The highest BCUT2D eigenvalue weighted by atomic mass is 16.5. The standard InChI is InChI=1S/C17H20N2O2/c1-3-13-8-4-5-9-14(13)18-12-17(20)19-15-10-6-7-11-16(15)21-2/h4-11,18H,3,12H2,1-2H3,(H,19,20). The maximum Gasteiger partial charge on any atom is 0.243 e. The van der Waals surface area contributed by atoms with E-state index >= 15 is 0 Å². The Bertz CT molecular complexity index is 611. The van der Waals surface area contributed by atoms with Crippen LogP contribution < -0.4 is 15.4 Å². The molecule has 1 amide bonds. The number of rotatable bonds is 6. The van der Waals surface area contributed by atoms with Crippen LogP contribution in [0, 0.1) is 0 Å². The normalized spacial score (nSPS) is 10.0. The molecule has 0 unspecified atom stereocenters. The maximum absolute atomic E-state index is 12.0. The SMILES string of the molecule is CCc1ccccc1NCC(=O)Nc1ccccc1OC. The van der Waals surface area contributed by atoms with Gasteiger partial charge in [-0.05, 0) is 30.2 Å². The first kappa shape index (κ1) is 14.9. The molecule has 0 aliphatic carbocycles. The number of para-hydroxylation sites is 3. The molecule has 0 aliphatic heterocycles. The van der Waals surface area contributed by atoms with Crippen LogP contribution in [0.5, 0.6) is 5.75 Å². The number of anilines is 2. The molecule has 4 nitrogen and oxygen atoms in total. The number of methoxy groups -OCH3 is 1. The lowest BCUT2D eigenvalue weighted by Gasteiger charge is -2.12. The predicted molar refractivity (Wildman–Crippen MR) is 85.9 cm³/mol. The summed E-state index contributed by atoms with van der Waals surface area (Å²) in [5.41, 5.74) is 2.87. The van der Waals surface area contributed by atoms with Crippen LogP contribution in [0.25, 0.3) is 0 Å². The third-order valence-electron chi connectivity index (χ3n) is 3.22. The van der Waals surface area contributed by atoms with Crippen molar-refractivity contribution in [3.8, 4) is 5.75 Å². The molecule has 21 heavy (non-hydrogen) atoms. The van der Waals surface area contributed by atoms with E-state index in [1.807, 2.05) is 42.5 Å². The first-order valence-electron chi connectivity index (χ1n) is 6.99. The summed E-state index contributed by atoms with van der Waals surface area (Å²) in [6.45, 7) is 2.31. The summed E-state index contributed by atoms with van der Waals surface area (Å²) in [5, 5.41) is 6.01. The summed E-state index contributed by atoms with van der Waals surface area (Å²) >= 11 is 0. The predicted octanol–water partition coefficient (Wildman–Crippen LogP) is 3.31. The van der Waals surface area contributed by atoms with Gasteiger partial charge in [0.05, 0.1) is 19.3 Å². The Morgan fingerprint density at radius 3 is 2.43 bits per heavy atom. The van der Waals surface area contributed by atoms with E-state index in [4.69, 9.17) is 4.74 Å². The fourth-order valence-electron chi connectivity index (χ4n) is 2.12. The van der Waals surface area contributed by atoms with Crippen molar-refractivity contribution in [2.24, 2.45) is 0 Å². The van der Waals surface area contributed by atoms with Gasteiger partial charge < -0.3 is 15.4 Å². The second-order valence-corrected chi connectivity index (χ2v) is 4.61. The summed E-state index contributed by atoms with van der Waals surface area (Å²) in [6.07, 6.45) is 0.928. The highest BCUT2D eigenvalue weighted by Crippen LogP contribution is 2.23. The van der Waals surface area contributed by atoms with Crippen molar-refractivity contribution in [1.82, 2.24) is 0 Å². The van der Waals surface area contributed by atoms with E-state index in [9.17, 15) is 4.79 Å². The molecule has 0 radical (unpaired) electrons. The zero-order valence-electron chi connectivity index (χ0n) is 12.3. The molecule has 0 heterocycles. The first-order valence-corrected chi connectivity index (χ1v) is 6.99. The number of nitrogens with one attached hydrogen (secondary N) is 2. The highest BCUT2D eigenvalue weighted by molar-refractivity contribution is 5.95. The molecule has 2 aromatic rings. The lowest BCUT2D eigenvalue weighted by molar-refractivity contribution is -0.114. The van der Waals surface area contributed by atoms with Crippen LogP contribution in [0.4, 0.5) is 11.4 Å². The molecule has 0 spiro atoms. The van der Waals surface area contributed by atoms with Crippen LogP contribution in [-0.2, 0) is 11.2 Å². The van der Waals surface area contributed by atoms with Crippen molar-refractivity contribution in [2.45, 2.75) is 13.3 Å². The fourth-order valence-corrected chi connectivity index (χ4v) is 2.12. The van der Waals surface area contributed by atoms with Gasteiger partial charge in [0.15, 0.2) is 0 Å². The average Bonchev–Trinajstić information content (AvgIpc) is 2.53. The van der Waals surface area contributed by atoms with Crippen molar-refractivity contribution in [3.05, 3.63) is 54.1 Å². The number of hydrogen-bond donors (Lipinski definition) is 2. The molecule has 0 atom stereocenters. The number of hydrogen-bond acceptors (Lipinski definition) is 3. The second kappa shape index (κ2) is 7.33. The summed E-state index contributed by atoms with van der Waals surface area (Å²) in [4.78, 5) is 12.0. The number of benzene rings is 2.